The molecule has 16 nitrogen and oxygen atoms in total. The Morgan fingerprint density at radius 2 is 1.27 bits per heavy atom. The Bertz CT molecular complexity index is 1140. The van der Waals surface area contributed by atoms with E-state index in [-0.39, 0.29) is 18.6 Å². The summed E-state index contributed by atoms with van der Waals surface area (Å²) >= 11 is 0. The first kappa shape index (κ1) is 39.3. The van der Waals surface area contributed by atoms with Crippen molar-refractivity contribution in [2.45, 2.75) is 84.0 Å². The van der Waals surface area contributed by atoms with Crippen LogP contribution in [0.1, 0.15) is 58.9 Å². The van der Waals surface area contributed by atoms with Gasteiger partial charge in [0, 0.05) is 20.3 Å². The molecule has 0 aliphatic carbocycles. The van der Waals surface area contributed by atoms with Crippen molar-refractivity contribution in [2.24, 2.45) is 11.7 Å². The van der Waals surface area contributed by atoms with Gasteiger partial charge in [-0.25, -0.2) is 4.79 Å². The summed E-state index contributed by atoms with van der Waals surface area (Å²) in [5, 5.41) is 45.4. The fraction of sp³-hybridized carbons (Fsp3) is 0.536. The lowest BCUT2D eigenvalue weighted by Crippen LogP contribution is -2.59. The number of phenolic OH excluding ortho intramolecular Hbond substituents is 1. The van der Waals surface area contributed by atoms with Gasteiger partial charge in [-0.2, -0.15) is 0 Å². The molecular formula is C28H43N5O11. The zero-order valence-corrected chi connectivity index (χ0v) is 25.2. The third-order valence-corrected chi connectivity index (χ3v) is 5.89. The molecule has 1 aromatic rings. The topological polar surface area (TPSA) is 275 Å². The van der Waals surface area contributed by atoms with Crippen LogP contribution >= 0.6 is 0 Å². The minimum absolute atomic E-state index is 0.00999. The number of aliphatic carboxylic acids is 3. The summed E-state index contributed by atoms with van der Waals surface area (Å²) in [4.78, 5) is 82.8. The number of unbranched alkanes of at least 4 members (excludes halogenated alkanes) is 1. The Kier molecular flexibility index (Phi) is 18.0. The average Bonchev–Trinajstić information content (AvgIpc) is 2.90. The lowest BCUT2D eigenvalue weighted by Gasteiger charge is -2.27. The van der Waals surface area contributed by atoms with E-state index >= 15 is 0 Å². The quantitative estimate of drug-likeness (QED) is 0.0975. The SMILES string of the molecule is CC(=O)N[C@@H](CCCCN)C(=O)N[C@@H](CC(=O)O)C(=O)N[C@H](C(=O)N[C@@H](Cc1ccc(O)cc1)C(=O)O)C(C)C.CC(=O)O. The molecule has 0 saturated heterocycles. The van der Waals surface area contributed by atoms with E-state index in [9.17, 15) is 44.1 Å². The number of carboxylic acids is 3. The largest absolute Gasteiger partial charge is 0.508 e. The Balaban J connectivity index is 0.00000433. The predicted molar refractivity (Wildman–Crippen MR) is 156 cm³/mol. The van der Waals surface area contributed by atoms with Crippen LogP contribution in [0.4, 0.5) is 0 Å². The smallest absolute Gasteiger partial charge is 0.326 e. The van der Waals surface area contributed by atoms with Crippen LogP contribution in [0, 0.1) is 5.92 Å². The number of carboxylic acid groups (broad SMARTS) is 3. The van der Waals surface area contributed by atoms with Crippen LogP contribution < -0.4 is 27.0 Å². The fourth-order valence-corrected chi connectivity index (χ4v) is 3.78. The summed E-state index contributed by atoms with van der Waals surface area (Å²) in [7, 11) is 0. The average molecular weight is 626 g/mol. The van der Waals surface area contributed by atoms with Crippen molar-refractivity contribution in [3.8, 4) is 5.75 Å². The highest BCUT2D eigenvalue weighted by Crippen LogP contribution is 2.12. The molecule has 246 valence electrons. The molecule has 4 amide bonds. The van der Waals surface area contributed by atoms with E-state index < -0.39 is 78.0 Å². The maximum Gasteiger partial charge on any atom is 0.326 e. The zero-order chi connectivity index (χ0) is 34.0. The van der Waals surface area contributed by atoms with Crippen molar-refractivity contribution in [1.29, 1.82) is 0 Å². The highest BCUT2D eigenvalue weighted by molar-refractivity contribution is 5.96. The van der Waals surface area contributed by atoms with Gasteiger partial charge in [0.15, 0.2) is 0 Å². The van der Waals surface area contributed by atoms with E-state index in [0.29, 0.717) is 24.9 Å². The highest BCUT2D eigenvalue weighted by atomic mass is 16.4. The minimum Gasteiger partial charge on any atom is -0.508 e. The standard InChI is InChI=1S/C26H39N5O9.C2H4O2/c1-14(2)22(25(38)30-20(26(39)40)12-16-7-9-17(33)10-8-16)31-24(37)19(13-21(34)35)29-23(36)18(28-15(3)32)6-4-5-11-27;1-2(3)4/h7-10,14,18-20,22,33H,4-6,11-13,27H2,1-3H3,(H,28,32)(H,29,36)(H,30,38)(H,31,37)(H,34,35)(H,39,40);1H3,(H,3,4)/t18-,19-,20-,22-;/m0./s1. The van der Waals surface area contributed by atoms with E-state index in [1.165, 1.54) is 31.2 Å². The van der Waals surface area contributed by atoms with Crippen molar-refractivity contribution in [3.05, 3.63) is 29.8 Å². The van der Waals surface area contributed by atoms with Crippen LogP contribution in [0.2, 0.25) is 0 Å². The molecule has 4 atom stereocenters. The Hall–Kier alpha value is -4.73. The molecule has 0 fully saturated rings. The Morgan fingerprint density at radius 3 is 1.73 bits per heavy atom. The molecule has 44 heavy (non-hydrogen) atoms. The van der Waals surface area contributed by atoms with Gasteiger partial charge in [-0.15, -0.1) is 0 Å². The molecule has 1 rings (SSSR count). The summed E-state index contributed by atoms with van der Waals surface area (Å²) in [6.45, 7) is 5.85. The maximum atomic E-state index is 13.1. The lowest BCUT2D eigenvalue weighted by molar-refractivity contribution is -0.143. The van der Waals surface area contributed by atoms with E-state index in [4.69, 9.17) is 15.6 Å². The number of phenols is 1. The van der Waals surface area contributed by atoms with Gasteiger partial charge in [0.1, 0.15) is 29.9 Å². The van der Waals surface area contributed by atoms with Gasteiger partial charge in [-0.05, 0) is 49.4 Å². The van der Waals surface area contributed by atoms with Crippen molar-refractivity contribution in [2.75, 3.05) is 6.54 Å². The van der Waals surface area contributed by atoms with Gasteiger partial charge in [0.2, 0.25) is 23.6 Å². The molecule has 1 aromatic carbocycles. The summed E-state index contributed by atoms with van der Waals surface area (Å²) < 4.78 is 0. The third-order valence-electron chi connectivity index (χ3n) is 5.89. The minimum atomic E-state index is -1.59. The highest BCUT2D eigenvalue weighted by Gasteiger charge is 2.33. The van der Waals surface area contributed by atoms with Crippen molar-refractivity contribution in [3.63, 3.8) is 0 Å². The number of nitrogens with one attached hydrogen (secondary N) is 4. The number of amides is 4. The van der Waals surface area contributed by atoms with Gasteiger partial charge in [0.25, 0.3) is 5.97 Å². The molecule has 0 bridgehead atoms. The van der Waals surface area contributed by atoms with E-state index in [2.05, 4.69) is 21.3 Å². The molecule has 0 aromatic heterocycles. The van der Waals surface area contributed by atoms with Crippen LogP contribution in [0.3, 0.4) is 0 Å². The predicted octanol–water partition coefficient (Wildman–Crippen LogP) is -0.671. The number of aromatic hydroxyl groups is 1. The second kappa shape index (κ2) is 20.2. The molecule has 0 aliphatic heterocycles. The molecule has 16 heteroatoms. The number of carbonyl (C=O) groups excluding carboxylic acids is 4. The Labute approximate surface area is 254 Å². The molecule has 0 aliphatic rings. The van der Waals surface area contributed by atoms with Crippen LogP contribution in [0.15, 0.2) is 24.3 Å². The second-order valence-corrected chi connectivity index (χ2v) is 10.2. The van der Waals surface area contributed by atoms with Gasteiger partial charge in [-0.1, -0.05) is 26.0 Å². The summed E-state index contributed by atoms with van der Waals surface area (Å²) in [6, 6.07) is 0.503. The summed E-state index contributed by atoms with van der Waals surface area (Å²) in [5.41, 5.74) is 6.00. The van der Waals surface area contributed by atoms with Crippen molar-refractivity contribution in [1.82, 2.24) is 21.3 Å². The first-order chi connectivity index (χ1) is 20.5. The number of hydrogen-bond donors (Lipinski definition) is 9. The number of rotatable bonds is 17. The number of hydrogen-bond acceptors (Lipinski definition) is 9. The Morgan fingerprint density at radius 1 is 0.750 bits per heavy atom. The van der Waals surface area contributed by atoms with E-state index in [1.54, 1.807) is 13.8 Å². The van der Waals surface area contributed by atoms with Gasteiger partial charge < -0.3 is 47.4 Å². The lowest BCUT2D eigenvalue weighted by atomic mass is 10.0. The maximum absolute atomic E-state index is 13.1. The number of nitrogens with two attached hydrogens (primary N) is 1. The van der Waals surface area contributed by atoms with Crippen molar-refractivity contribution >= 4 is 41.5 Å². The molecule has 0 unspecified atom stereocenters. The second-order valence-electron chi connectivity index (χ2n) is 10.2. The van der Waals surface area contributed by atoms with E-state index in [1.807, 2.05) is 0 Å². The first-order valence-electron chi connectivity index (χ1n) is 13.8. The zero-order valence-electron chi connectivity index (χ0n) is 25.2. The molecule has 0 spiro atoms. The summed E-state index contributed by atoms with van der Waals surface area (Å²) in [6.07, 6.45) is 0.371. The molecular weight excluding hydrogens is 582 g/mol. The fourth-order valence-electron chi connectivity index (χ4n) is 3.78. The van der Waals surface area contributed by atoms with Gasteiger partial charge in [0.05, 0.1) is 6.42 Å². The molecule has 0 saturated carbocycles. The van der Waals surface area contributed by atoms with E-state index in [0.717, 1.165) is 6.92 Å². The van der Waals surface area contributed by atoms with Crippen LogP contribution in [-0.4, -0.2) is 92.7 Å². The van der Waals surface area contributed by atoms with Crippen molar-refractivity contribution < 1.29 is 54.0 Å². The van der Waals surface area contributed by atoms with Gasteiger partial charge in [-0.3, -0.25) is 28.8 Å². The number of benzene rings is 1. The first-order valence-corrected chi connectivity index (χ1v) is 13.8. The molecule has 0 radical (unpaired) electrons. The van der Waals surface area contributed by atoms with Crippen LogP contribution in [-0.2, 0) is 40.0 Å². The monoisotopic (exact) mass is 625 g/mol. The van der Waals surface area contributed by atoms with Crippen LogP contribution in [0.25, 0.3) is 0 Å². The third kappa shape index (κ3) is 16.6. The molecule has 10 N–H and O–H groups in total. The van der Waals surface area contributed by atoms with Crippen LogP contribution in [0.5, 0.6) is 5.75 Å². The van der Waals surface area contributed by atoms with Gasteiger partial charge >= 0.3 is 11.9 Å². The summed E-state index contributed by atoms with van der Waals surface area (Å²) in [5.74, 6) is -7.19. The number of carbonyl (C=O) groups is 7. The molecule has 0 heterocycles. The normalized spacial score (nSPS) is 13.1.